The second-order valence-electron chi connectivity index (χ2n) is 2.70. The molecule has 0 atom stereocenters. The number of hydrogen-bond acceptors (Lipinski definition) is 2. The Labute approximate surface area is 65.5 Å². The predicted molar refractivity (Wildman–Crippen MR) is 36.0 cm³/mol. The highest BCUT2D eigenvalue weighted by Crippen LogP contribution is 2.46. The quantitative estimate of drug-likeness (QED) is 0.637. The van der Waals surface area contributed by atoms with Crippen LogP contribution in [0.25, 0.3) is 0 Å². The number of rotatable bonds is 1. The topological polar surface area (TPSA) is 46.2 Å². The van der Waals surface area contributed by atoms with Crippen molar-refractivity contribution < 1.29 is 13.9 Å². The highest BCUT2D eigenvalue weighted by Gasteiger charge is 2.57. The van der Waals surface area contributed by atoms with Crippen LogP contribution in [0, 0.1) is 0 Å². The molecule has 0 heterocycles. The molecule has 1 rings (SSSR count). The lowest BCUT2D eigenvalue weighted by Crippen LogP contribution is -2.59. The van der Waals surface area contributed by atoms with Crippen molar-refractivity contribution in [2.24, 2.45) is 5.73 Å². The molecule has 3 N–H and O–H groups in total. The van der Waals surface area contributed by atoms with E-state index in [1.165, 1.54) is 0 Å². The Kier molecular flexibility index (Phi) is 1.77. The van der Waals surface area contributed by atoms with Gasteiger partial charge in [-0.25, -0.2) is 0 Å². The highest BCUT2D eigenvalue weighted by atomic mass is 79.9. The molecule has 0 spiro atoms. The number of nitrogens with two attached hydrogens (primary N) is 1. The summed E-state index contributed by atoms with van der Waals surface area (Å²) in [4.78, 5) is -3.20. The summed E-state index contributed by atoms with van der Waals surface area (Å²) < 4.78 is 24.7. The van der Waals surface area contributed by atoms with Gasteiger partial charge in [-0.1, -0.05) is 0 Å². The van der Waals surface area contributed by atoms with Crippen LogP contribution >= 0.6 is 15.9 Å². The average molecular weight is 216 g/mol. The summed E-state index contributed by atoms with van der Waals surface area (Å²) in [6.07, 6.45) is -0.0729. The number of aliphatic hydroxyl groups is 1. The van der Waals surface area contributed by atoms with Gasteiger partial charge < -0.3 is 10.8 Å². The van der Waals surface area contributed by atoms with E-state index in [4.69, 9.17) is 10.8 Å². The fourth-order valence-electron chi connectivity index (χ4n) is 1.04. The minimum atomic E-state index is -3.20. The molecule has 0 unspecified atom stereocenters. The summed E-state index contributed by atoms with van der Waals surface area (Å²) in [6.45, 7) is 0. The zero-order valence-electron chi connectivity index (χ0n) is 5.15. The van der Waals surface area contributed by atoms with Crippen LogP contribution in [-0.2, 0) is 0 Å². The molecular formula is C5H8BrF2NO. The van der Waals surface area contributed by atoms with Crippen LogP contribution < -0.4 is 5.73 Å². The van der Waals surface area contributed by atoms with Gasteiger partial charge in [-0.15, -0.1) is 0 Å². The van der Waals surface area contributed by atoms with Crippen LogP contribution in [0.5, 0.6) is 0 Å². The Bertz CT molecular complexity index is 141. The maximum absolute atomic E-state index is 12.3. The van der Waals surface area contributed by atoms with Gasteiger partial charge in [0.05, 0.1) is 0 Å². The van der Waals surface area contributed by atoms with E-state index in [9.17, 15) is 8.78 Å². The first kappa shape index (κ1) is 8.36. The Morgan fingerprint density at radius 2 is 2.00 bits per heavy atom. The van der Waals surface area contributed by atoms with Crippen molar-refractivity contribution in [3.63, 3.8) is 0 Å². The minimum Gasteiger partial charge on any atom is -0.382 e. The molecule has 0 bridgehead atoms. The second kappa shape index (κ2) is 2.12. The van der Waals surface area contributed by atoms with E-state index in [1.807, 2.05) is 0 Å². The standard InChI is InChI=1S/C5H8BrF2NO/c6-5(7,8)4(10)1-3(9)2-4/h3,10H,1-2,9H2. The van der Waals surface area contributed by atoms with Crippen molar-refractivity contribution in [2.45, 2.75) is 29.3 Å². The number of alkyl halides is 3. The molecule has 0 aliphatic heterocycles. The van der Waals surface area contributed by atoms with Crippen LogP contribution in [-0.4, -0.2) is 21.6 Å². The average Bonchev–Trinajstić information content (AvgIpc) is 1.58. The van der Waals surface area contributed by atoms with Crippen molar-refractivity contribution in [3.05, 3.63) is 0 Å². The fraction of sp³-hybridized carbons (Fsp3) is 1.00. The molecule has 60 valence electrons. The predicted octanol–water partition coefficient (Wildman–Crippen LogP) is 0.826. The van der Waals surface area contributed by atoms with E-state index in [0.717, 1.165) is 0 Å². The molecule has 0 aromatic rings. The summed E-state index contributed by atoms with van der Waals surface area (Å²) in [5, 5.41) is 9.04. The summed E-state index contributed by atoms with van der Waals surface area (Å²) in [6, 6.07) is -0.284. The zero-order valence-corrected chi connectivity index (χ0v) is 6.74. The molecule has 2 nitrogen and oxygen atoms in total. The largest absolute Gasteiger partial charge is 0.382 e. The van der Waals surface area contributed by atoms with Crippen molar-refractivity contribution in [2.75, 3.05) is 0 Å². The minimum absolute atomic E-state index is 0.0365. The van der Waals surface area contributed by atoms with E-state index in [0.29, 0.717) is 0 Å². The molecule has 5 heteroatoms. The van der Waals surface area contributed by atoms with Crippen molar-refractivity contribution in [1.29, 1.82) is 0 Å². The second-order valence-corrected chi connectivity index (χ2v) is 3.69. The van der Waals surface area contributed by atoms with Crippen LogP contribution in [0.1, 0.15) is 12.8 Å². The van der Waals surface area contributed by atoms with Gasteiger partial charge in [-0.3, -0.25) is 0 Å². The molecule has 0 amide bonds. The molecule has 1 aliphatic rings. The van der Waals surface area contributed by atoms with E-state index in [1.54, 1.807) is 0 Å². The molecule has 1 aliphatic carbocycles. The molecule has 0 aromatic carbocycles. The Balaban J connectivity index is 2.57. The lowest BCUT2D eigenvalue weighted by Gasteiger charge is -2.44. The van der Waals surface area contributed by atoms with Gasteiger partial charge in [0.15, 0.2) is 0 Å². The van der Waals surface area contributed by atoms with E-state index in [-0.39, 0.29) is 18.9 Å². The Morgan fingerprint density at radius 1 is 1.60 bits per heavy atom. The lowest BCUT2D eigenvalue weighted by atomic mass is 9.76. The highest BCUT2D eigenvalue weighted by molar-refractivity contribution is 9.10. The molecule has 10 heavy (non-hydrogen) atoms. The molecular weight excluding hydrogens is 208 g/mol. The first-order valence-electron chi connectivity index (χ1n) is 2.90. The van der Waals surface area contributed by atoms with Crippen molar-refractivity contribution >= 4 is 15.9 Å². The van der Waals surface area contributed by atoms with Gasteiger partial charge in [-0.2, -0.15) is 8.78 Å². The number of hydrogen-bond donors (Lipinski definition) is 2. The maximum Gasteiger partial charge on any atom is 0.329 e. The summed E-state index contributed by atoms with van der Waals surface area (Å²) in [5.74, 6) is 0. The first-order chi connectivity index (χ1) is 4.35. The normalized spacial score (nSPS) is 41.1. The monoisotopic (exact) mass is 215 g/mol. The van der Waals surface area contributed by atoms with E-state index >= 15 is 0 Å². The van der Waals surface area contributed by atoms with Gasteiger partial charge in [0.2, 0.25) is 0 Å². The lowest BCUT2D eigenvalue weighted by molar-refractivity contribution is -0.167. The molecule has 0 aromatic heterocycles. The summed E-state index contributed by atoms with van der Waals surface area (Å²) in [7, 11) is 0. The summed E-state index contributed by atoms with van der Waals surface area (Å²) >= 11 is 2.10. The Hall–Kier alpha value is 0.260. The van der Waals surface area contributed by atoms with Gasteiger partial charge in [0.1, 0.15) is 5.60 Å². The van der Waals surface area contributed by atoms with Gasteiger partial charge in [0.25, 0.3) is 0 Å². The zero-order chi connectivity index (χ0) is 7.99. The van der Waals surface area contributed by atoms with E-state index in [2.05, 4.69) is 15.9 Å². The van der Waals surface area contributed by atoms with Gasteiger partial charge >= 0.3 is 4.83 Å². The van der Waals surface area contributed by atoms with Crippen molar-refractivity contribution in [3.8, 4) is 0 Å². The smallest absolute Gasteiger partial charge is 0.329 e. The molecule has 0 saturated heterocycles. The van der Waals surface area contributed by atoms with E-state index < -0.39 is 10.4 Å². The van der Waals surface area contributed by atoms with Crippen LogP contribution in [0.15, 0.2) is 0 Å². The Morgan fingerprint density at radius 3 is 2.10 bits per heavy atom. The third kappa shape index (κ3) is 1.17. The SMILES string of the molecule is NC1CC(O)(C(F)(F)Br)C1. The third-order valence-corrected chi connectivity index (χ3v) is 2.47. The van der Waals surface area contributed by atoms with Gasteiger partial charge in [0, 0.05) is 6.04 Å². The molecule has 0 radical (unpaired) electrons. The molecule has 1 fully saturated rings. The number of halogens is 3. The van der Waals surface area contributed by atoms with Gasteiger partial charge in [-0.05, 0) is 28.8 Å². The van der Waals surface area contributed by atoms with Crippen molar-refractivity contribution in [1.82, 2.24) is 0 Å². The van der Waals surface area contributed by atoms with Crippen LogP contribution in [0.4, 0.5) is 8.78 Å². The summed E-state index contributed by atoms with van der Waals surface area (Å²) in [5.41, 5.74) is 3.33. The molecule has 1 saturated carbocycles. The third-order valence-electron chi connectivity index (χ3n) is 1.73. The first-order valence-corrected chi connectivity index (χ1v) is 3.69. The fourth-order valence-corrected chi connectivity index (χ4v) is 1.36. The maximum atomic E-state index is 12.3. The van der Waals surface area contributed by atoms with Crippen LogP contribution in [0.2, 0.25) is 0 Å². The van der Waals surface area contributed by atoms with Crippen LogP contribution in [0.3, 0.4) is 0 Å².